The molecule has 2 aromatic carbocycles. The lowest BCUT2D eigenvalue weighted by Crippen LogP contribution is -2.35. The van der Waals surface area contributed by atoms with Crippen molar-refractivity contribution in [2.75, 3.05) is 6.54 Å². The number of likely N-dealkylation sites (tertiary alicyclic amines) is 1. The maximum absolute atomic E-state index is 13.9. The normalized spacial score (nSPS) is 16.4. The molecule has 174 valence electrons. The Bertz CT molecular complexity index is 1120. The number of rotatable bonds is 6. The number of benzene rings is 2. The third-order valence-corrected chi connectivity index (χ3v) is 6.08. The van der Waals surface area contributed by atoms with Crippen molar-refractivity contribution >= 4 is 5.96 Å². The summed E-state index contributed by atoms with van der Waals surface area (Å²) in [5, 5.41) is 11.6. The topological polar surface area (TPSA) is 92.0 Å². The quantitative estimate of drug-likeness (QED) is 0.395. The van der Waals surface area contributed by atoms with Crippen molar-refractivity contribution in [2.45, 2.75) is 51.2 Å². The van der Waals surface area contributed by atoms with E-state index in [1.54, 1.807) is 11.0 Å². The molecule has 0 aliphatic carbocycles. The summed E-state index contributed by atoms with van der Waals surface area (Å²) >= 11 is 0. The van der Waals surface area contributed by atoms with E-state index in [-0.39, 0.29) is 41.3 Å². The highest BCUT2D eigenvalue weighted by Crippen LogP contribution is 2.36. The van der Waals surface area contributed by atoms with Crippen molar-refractivity contribution in [3.63, 3.8) is 0 Å². The molecule has 4 rings (SSSR count). The molecule has 3 N–H and O–H groups in total. The molecule has 1 saturated heterocycles. The van der Waals surface area contributed by atoms with Crippen LogP contribution in [0.3, 0.4) is 0 Å². The number of aryl methyl sites for hydroxylation is 3. The predicted molar refractivity (Wildman–Crippen MR) is 119 cm³/mol. The fraction of sp³-hybridized carbons (Fsp3) is 0.375. The molecule has 6 nitrogen and oxygen atoms in total. The smallest absolute Gasteiger partial charge is 0.370 e. The van der Waals surface area contributed by atoms with E-state index >= 15 is 0 Å². The molecule has 0 saturated carbocycles. The Balaban J connectivity index is 1.56. The van der Waals surface area contributed by atoms with Gasteiger partial charge in [0.05, 0.1) is 5.56 Å². The van der Waals surface area contributed by atoms with Crippen molar-refractivity contribution in [1.29, 1.82) is 5.41 Å². The average Bonchev–Trinajstić information content (AvgIpc) is 3.47. The van der Waals surface area contributed by atoms with E-state index in [4.69, 9.17) is 15.7 Å². The first-order chi connectivity index (χ1) is 15.8. The van der Waals surface area contributed by atoms with E-state index in [9.17, 15) is 13.2 Å². The third kappa shape index (κ3) is 5.02. The highest BCUT2D eigenvalue weighted by Gasteiger charge is 2.35. The first kappa shape index (κ1) is 22.8. The van der Waals surface area contributed by atoms with Gasteiger partial charge in [0.25, 0.3) is 0 Å². The van der Waals surface area contributed by atoms with Crippen LogP contribution in [0.15, 0.2) is 47.0 Å². The van der Waals surface area contributed by atoms with Gasteiger partial charge >= 0.3 is 6.18 Å². The highest BCUT2D eigenvalue weighted by atomic mass is 19.4. The molecule has 1 aromatic heterocycles. The Morgan fingerprint density at radius 3 is 2.55 bits per heavy atom. The molecule has 9 heteroatoms. The SMILES string of the molecule is CCc1ccc(CCc2ccc(-c3noc([C@@H]4CCCN4C(=N)N)n3)cc2C(F)(F)F)cc1. The zero-order chi connectivity index (χ0) is 23.6. The van der Waals surface area contributed by atoms with E-state index in [1.807, 2.05) is 24.3 Å². The fourth-order valence-corrected chi connectivity index (χ4v) is 4.22. The van der Waals surface area contributed by atoms with Crippen molar-refractivity contribution < 1.29 is 17.7 Å². The van der Waals surface area contributed by atoms with Crippen LogP contribution in [0.5, 0.6) is 0 Å². The Morgan fingerprint density at radius 1 is 1.15 bits per heavy atom. The van der Waals surface area contributed by atoms with Crippen LogP contribution in [-0.2, 0) is 25.4 Å². The van der Waals surface area contributed by atoms with Crippen LogP contribution in [0.4, 0.5) is 13.2 Å². The van der Waals surface area contributed by atoms with Crippen LogP contribution in [0.25, 0.3) is 11.4 Å². The van der Waals surface area contributed by atoms with Crippen molar-refractivity contribution in [3.8, 4) is 11.4 Å². The largest absolute Gasteiger partial charge is 0.416 e. The molecule has 0 spiro atoms. The van der Waals surface area contributed by atoms with E-state index in [1.165, 1.54) is 11.6 Å². The Morgan fingerprint density at radius 2 is 1.88 bits per heavy atom. The maximum Gasteiger partial charge on any atom is 0.416 e. The minimum Gasteiger partial charge on any atom is -0.370 e. The zero-order valence-electron chi connectivity index (χ0n) is 18.3. The van der Waals surface area contributed by atoms with Crippen molar-refractivity contribution in [2.24, 2.45) is 5.73 Å². The van der Waals surface area contributed by atoms with E-state index < -0.39 is 11.7 Å². The molecular weight excluding hydrogens is 431 g/mol. The Hall–Kier alpha value is -3.36. The lowest BCUT2D eigenvalue weighted by atomic mass is 9.96. The molecule has 1 fully saturated rings. The molecule has 2 heterocycles. The molecular formula is C24H26F3N5O. The number of guanidine groups is 1. The van der Waals surface area contributed by atoms with Crippen LogP contribution in [0.2, 0.25) is 0 Å². The number of nitrogens with zero attached hydrogens (tertiary/aromatic N) is 3. The van der Waals surface area contributed by atoms with Crippen LogP contribution in [-0.4, -0.2) is 27.5 Å². The van der Waals surface area contributed by atoms with Gasteiger partial charge in [-0.1, -0.05) is 48.5 Å². The summed E-state index contributed by atoms with van der Waals surface area (Å²) < 4.78 is 46.9. The number of nitrogens with two attached hydrogens (primary N) is 1. The highest BCUT2D eigenvalue weighted by molar-refractivity contribution is 5.75. The number of nitrogens with one attached hydrogen (secondary N) is 1. The lowest BCUT2D eigenvalue weighted by Gasteiger charge is -2.21. The van der Waals surface area contributed by atoms with Gasteiger partial charge < -0.3 is 15.2 Å². The second kappa shape index (κ2) is 9.25. The van der Waals surface area contributed by atoms with E-state index in [0.717, 1.165) is 24.5 Å². The van der Waals surface area contributed by atoms with Crippen molar-refractivity contribution in [1.82, 2.24) is 15.0 Å². The van der Waals surface area contributed by atoms with Gasteiger partial charge in [0.15, 0.2) is 5.96 Å². The van der Waals surface area contributed by atoms with Gasteiger partial charge in [0.2, 0.25) is 11.7 Å². The van der Waals surface area contributed by atoms with Gasteiger partial charge in [-0.25, -0.2) is 0 Å². The lowest BCUT2D eigenvalue weighted by molar-refractivity contribution is -0.138. The van der Waals surface area contributed by atoms with Crippen LogP contribution >= 0.6 is 0 Å². The summed E-state index contributed by atoms with van der Waals surface area (Å²) in [5.41, 5.74) is 7.58. The number of hydrogen-bond donors (Lipinski definition) is 2. The average molecular weight is 458 g/mol. The molecule has 0 radical (unpaired) electrons. The number of hydrogen-bond acceptors (Lipinski definition) is 4. The van der Waals surface area contributed by atoms with E-state index in [0.29, 0.717) is 19.4 Å². The van der Waals surface area contributed by atoms with Crippen molar-refractivity contribution in [3.05, 3.63) is 70.6 Å². The van der Waals surface area contributed by atoms with Gasteiger partial charge in [0.1, 0.15) is 6.04 Å². The predicted octanol–water partition coefficient (Wildman–Crippen LogP) is 5.13. The van der Waals surface area contributed by atoms with Crippen LogP contribution in [0.1, 0.15) is 54.0 Å². The molecule has 0 amide bonds. The first-order valence-electron chi connectivity index (χ1n) is 11.0. The van der Waals surface area contributed by atoms with Gasteiger partial charge in [-0.15, -0.1) is 0 Å². The van der Waals surface area contributed by atoms with Gasteiger partial charge in [0, 0.05) is 12.1 Å². The Kier molecular flexibility index (Phi) is 6.40. The number of aromatic nitrogens is 2. The summed E-state index contributed by atoms with van der Waals surface area (Å²) in [6.45, 7) is 2.66. The summed E-state index contributed by atoms with van der Waals surface area (Å²) in [7, 11) is 0. The summed E-state index contributed by atoms with van der Waals surface area (Å²) in [6, 6.07) is 11.8. The van der Waals surface area contributed by atoms with Crippen LogP contribution < -0.4 is 5.73 Å². The monoisotopic (exact) mass is 457 g/mol. The molecule has 33 heavy (non-hydrogen) atoms. The number of alkyl halides is 3. The second-order valence-corrected chi connectivity index (χ2v) is 8.23. The number of halogens is 3. The molecule has 0 bridgehead atoms. The molecule has 1 aliphatic heterocycles. The summed E-state index contributed by atoms with van der Waals surface area (Å²) in [5.74, 6) is 0.253. The molecule has 3 aromatic rings. The zero-order valence-corrected chi connectivity index (χ0v) is 18.3. The Labute approximate surface area is 190 Å². The van der Waals surface area contributed by atoms with Gasteiger partial charge in [-0.05, 0) is 54.9 Å². The standard InChI is InChI=1S/C24H26F3N5O/c1-2-15-5-7-16(8-6-15)9-10-17-11-12-18(14-19(17)24(25,26)27)21-30-22(33-31-21)20-4-3-13-32(20)23(28)29/h5-8,11-12,14,20H,2-4,9-10,13H2,1H3,(H3,28,29)/t20-/m0/s1. The summed E-state index contributed by atoms with van der Waals surface area (Å²) in [6.07, 6.45) is -1.29. The third-order valence-electron chi connectivity index (χ3n) is 6.08. The first-order valence-corrected chi connectivity index (χ1v) is 11.0. The molecule has 0 unspecified atom stereocenters. The molecule has 1 aliphatic rings. The van der Waals surface area contributed by atoms with Gasteiger partial charge in [-0.2, -0.15) is 18.2 Å². The second-order valence-electron chi connectivity index (χ2n) is 8.23. The van der Waals surface area contributed by atoms with Gasteiger partial charge in [-0.3, -0.25) is 5.41 Å². The summed E-state index contributed by atoms with van der Waals surface area (Å²) in [4.78, 5) is 5.97. The fourth-order valence-electron chi connectivity index (χ4n) is 4.22. The molecule has 1 atom stereocenters. The van der Waals surface area contributed by atoms with Crippen LogP contribution in [0, 0.1) is 5.41 Å². The van der Waals surface area contributed by atoms with E-state index in [2.05, 4.69) is 17.1 Å². The minimum absolute atomic E-state index is 0.0904. The minimum atomic E-state index is -4.50. The maximum atomic E-state index is 13.9.